The van der Waals surface area contributed by atoms with E-state index in [2.05, 4.69) is 9.88 Å². The Balaban J connectivity index is 1.72. The van der Waals surface area contributed by atoms with Crippen molar-refractivity contribution in [2.24, 2.45) is 0 Å². The molecular weight excluding hydrogens is 306 g/mol. The Bertz CT molecular complexity index is 837. The minimum absolute atomic E-state index is 0.150. The molecule has 4 heterocycles. The first kappa shape index (κ1) is 15.2. The number of H-pyrrole nitrogens is 1. The highest BCUT2D eigenvalue weighted by Gasteiger charge is 2.33. The van der Waals surface area contributed by atoms with E-state index >= 15 is 0 Å². The molecule has 6 heteroatoms. The summed E-state index contributed by atoms with van der Waals surface area (Å²) in [4.78, 5) is 33.1. The number of methoxy groups -OCH3 is 1. The van der Waals surface area contributed by atoms with Crippen LogP contribution >= 0.6 is 0 Å². The second kappa shape index (κ2) is 5.94. The number of aromatic amines is 1. The van der Waals surface area contributed by atoms with Gasteiger partial charge in [-0.05, 0) is 25.0 Å². The van der Waals surface area contributed by atoms with Gasteiger partial charge >= 0.3 is 0 Å². The fraction of sp³-hybridized carbons (Fsp3) is 0.444. The Hall–Kier alpha value is -2.34. The van der Waals surface area contributed by atoms with Crippen molar-refractivity contribution in [3.63, 3.8) is 0 Å². The van der Waals surface area contributed by atoms with Gasteiger partial charge in [-0.15, -0.1) is 0 Å². The molecule has 0 aliphatic carbocycles. The third-order valence-corrected chi connectivity index (χ3v) is 5.23. The Kier molecular flexibility index (Phi) is 3.76. The molecule has 126 valence electrons. The maximum atomic E-state index is 13.0. The number of hydrogen-bond donors (Lipinski definition) is 1. The zero-order chi connectivity index (χ0) is 16.7. The minimum atomic E-state index is -0.212. The summed E-state index contributed by atoms with van der Waals surface area (Å²) in [6, 6.07) is 5.48. The topological polar surface area (TPSA) is 65.6 Å². The molecule has 1 aromatic heterocycles. The number of piperidine rings is 1. The Morgan fingerprint density at radius 3 is 2.75 bits per heavy atom. The van der Waals surface area contributed by atoms with E-state index in [1.165, 1.54) is 0 Å². The van der Waals surface area contributed by atoms with E-state index in [0.29, 0.717) is 23.2 Å². The summed E-state index contributed by atoms with van der Waals surface area (Å²) >= 11 is 0. The molecule has 3 fully saturated rings. The van der Waals surface area contributed by atoms with Crippen LogP contribution in [0.5, 0.6) is 5.75 Å². The maximum Gasteiger partial charge on any atom is 0.259 e. The van der Waals surface area contributed by atoms with Crippen molar-refractivity contribution in [3.05, 3.63) is 40.2 Å². The third kappa shape index (κ3) is 2.47. The number of ether oxygens (including phenoxy) is 1. The number of pyridine rings is 1. The summed E-state index contributed by atoms with van der Waals surface area (Å²) in [6.45, 7) is 3.68. The van der Waals surface area contributed by atoms with E-state index < -0.39 is 0 Å². The first-order chi connectivity index (χ1) is 11.7. The molecule has 1 N–H and O–H groups in total. The SMILES string of the molecule is COc1ccc2c(=O)c(C(=O)N3CCN4CCC3CC4)c[nH]c2c1. The summed E-state index contributed by atoms with van der Waals surface area (Å²) in [5, 5.41) is 0.518. The maximum absolute atomic E-state index is 13.0. The van der Waals surface area contributed by atoms with E-state index in [1.807, 2.05) is 4.90 Å². The van der Waals surface area contributed by atoms with Crippen LogP contribution in [0.2, 0.25) is 0 Å². The van der Waals surface area contributed by atoms with Gasteiger partial charge in [0.15, 0.2) is 0 Å². The number of rotatable bonds is 2. The van der Waals surface area contributed by atoms with Gasteiger partial charge < -0.3 is 19.5 Å². The Labute approximate surface area is 140 Å². The molecule has 3 saturated heterocycles. The fourth-order valence-electron chi connectivity index (χ4n) is 3.80. The van der Waals surface area contributed by atoms with Gasteiger partial charge in [0.25, 0.3) is 5.91 Å². The predicted molar refractivity (Wildman–Crippen MR) is 91.6 cm³/mol. The van der Waals surface area contributed by atoms with Crippen LogP contribution in [0.25, 0.3) is 10.9 Å². The van der Waals surface area contributed by atoms with Crippen LogP contribution in [0, 0.1) is 0 Å². The second-order valence-electron chi connectivity index (χ2n) is 6.51. The van der Waals surface area contributed by atoms with Crippen molar-refractivity contribution < 1.29 is 9.53 Å². The highest BCUT2D eigenvalue weighted by Crippen LogP contribution is 2.23. The molecule has 1 amide bonds. The predicted octanol–water partition coefficient (Wildman–Crippen LogP) is 1.46. The fourth-order valence-corrected chi connectivity index (χ4v) is 3.80. The van der Waals surface area contributed by atoms with Crippen LogP contribution in [0.1, 0.15) is 23.2 Å². The van der Waals surface area contributed by atoms with Gasteiger partial charge in [0.2, 0.25) is 5.43 Å². The van der Waals surface area contributed by atoms with Crippen molar-refractivity contribution in [2.75, 3.05) is 33.3 Å². The van der Waals surface area contributed by atoms with Crippen molar-refractivity contribution >= 4 is 16.8 Å². The van der Waals surface area contributed by atoms with E-state index in [1.54, 1.807) is 31.5 Å². The number of fused-ring (bicyclic) bond motifs is 5. The van der Waals surface area contributed by atoms with E-state index in [4.69, 9.17) is 4.74 Å². The van der Waals surface area contributed by atoms with Gasteiger partial charge in [-0.1, -0.05) is 0 Å². The average molecular weight is 327 g/mol. The van der Waals surface area contributed by atoms with Crippen molar-refractivity contribution in [2.45, 2.75) is 18.9 Å². The molecule has 0 radical (unpaired) electrons. The number of carbonyl (C=O) groups is 1. The molecule has 0 atom stereocenters. The molecule has 2 bridgehead atoms. The molecule has 0 saturated carbocycles. The lowest BCUT2D eigenvalue weighted by molar-refractivity contribution is 0.0683. The quantitative estimate of drug-likeness (QED) is 0.907. The van der Waals surface area contributed by atoms with Gasteiger partial charge in [0.1, 0.15) is 11.3 Å². The van der Waals surface area contributed by atoms with Gasteiger partial charge in [-0.2, -0.15) is 0 Å². The van der Waals surface area contributed by atoms with Crippen molar-refractivity contribution in [1.82, 2.24) is 14.8 Å². The van der Waals surface area contributed by atoms with Gasteiger partial charge in [0, 0.05) is 49.9 Å². The number of amides is 1. The van der Waals surface area contributed by atoms with Crippen LogP contribution in [-0.2, 0) is 0 Å². The molecule has 2 aromatic rings. The number of hydrogen-bond acceptors (Lipinski definition) is 4. The number of benzene rings is 1. The summed E-state index contributed by atoms with van der Waals surface area (Å²) in [7, 11) is 1.58. The molecule has 3 aliphatic heterocycles. The molecule has 6 nitrogen and oxygen atoms in total. The average Bonchev–Trinajstić information content (AvgIpc) is 2.95. The molecule has 0 spiro atoms. The lowest BCUT2D eigenvalue weighted by Gasteiger charge is -2.31. The monoisotopic (exact) mass is 327 g/mol. The van der Waals surface area contributed by atoms with Crippen molar-refractivity contribution in [3.8, 4) is 5.75 Å². The Morgan fingerprint density at radius 1 is 1.21 bits per heavy atom. The highest BCUT2D eigenvalue weighted by atomic mass is 16.5. The number of nitrogens with zero attached hydrogens (tertiary/aromatic N) is 2. The summed E-state index contributed by atoms with van der Waals surface area (Å²) in [5.41, 5.74) is 0.697. The highest BCUT2D eigenvalue weighted by molar-refractivity contribution is 5.97. The smallest absolute Gasteiger partial charge is 0.259 e. The molecule has 5 rings (SSSR count). The van der Waals surface area contributed by atoms with E-state index in [-0.39, 0.29) is 22.9 Å². The zero-order valence-electron chi connectivity index (χ0n) is 13.7. The standard InChI is InChI=1S/C18H21N3O3/c1-24-13-2-3-14-16(10-13)19-11-15(17(14)22)18(23)21-9-8-20-6-4-12(21)5-7-20/h2-3,10-12H,4-9H2,1H3,(H,19,22). The summed E-state index contributed by atoms with van der Waals surface area (Å²) < 4.78 is 5.18. The number of carbonyl (C=O) groups excluding carboxylic acids is 1. The molecular formula is C18H21N3O3. The van der Waals surface area contributed by atoms with Crippen LogP contribution in [0.4, 0.5) is 0 Å². The first-order valence-electron chi connectivity index (χ1n) is 8.40. The van der Waals surface area contributed by atoms with E-state index in [9.17, 15) is 9.59 Å². The van der Waals surface area contributed by atoms with Gasteiger partial charge in [-0.25, -0.2) is 0 Å². The number of nitrogens with one attached hydrogen (secondary N) is 1. The molecule has 0 unspecified atom stereocenters. The minimum Gasteiger partial charge on any atom is -0.497 e. The number of aromatic nitrogens is 1. The first-order valence-corrected chi connectivity index (χ1v) is 8.40. The lowest BCUT2D eigenvalue weighted by Crippen LogP contribution is -2.43. The normalized spacial score (nSPS) is 23.3. The molecule has 3 aliphatic rings. The van der Waals surface area contributed by atoms with Crippen LogP contribution in [-0.4, -0.2) is 60.0 Å². The van der Waals surface area contributed by atoms with Crippen molar-refractivity contribution in [1.29, 1.82) is 0 Å². The lowest BCUT2D eigenvalue weighted by atomic mass is 10.0. The largest absolute Gasteiger partial charge is 0.497 e. The molecule has 1 aromatic carbocycles. The van der Waals surface area contributed by atoms with Crippen LogP contribution in [0.15, 0.2) is 29.2 Å². The van der Waals surface area contributed by atoms with Gasteiger partial charge in [-0.3, -0.25) is 9.59 Å². The molecule has 24 heavy (non-hydrogen) atoms. The third-order valence-electron chi connectivity index (χ3n) is 5.23. The zero-order valence-corrected chi connectivity index (χ0v) is 13.7. The second-order valence-corrected chi connectivity index (χ2v) is 6.51. The van der Waals surface area contributed by atoms with Crippen LogP contribution in [0.3, 0.4) is 0 Å². The van der Waals surface area contributed by atoms with E-state index in [0.717, 1.165) is 32.5 Å². The van der Waals surface area contributed by atoms with Gasteiger partial charge in [0.05, 0.1) is 12.6 Å². The summed E-state index contributed by atoms with van der Waals surface area (Å²) in [6.07, 6.45) is 3.53. The Morgan fingerprint density at radius 2 is 2.00 bits per heavy atom. The van der Waals surface area contributed by atoms with Crippen LogP contribution < -0.4 is 10.2 Å². The summed E-state index contributed by atoms with van der Waals surface area (Å²) in [5.74, 6) is 0.526.